The van der Waals surface area contributed by atoms with Crippen molar-refractivity contribution >= 4 is 31.9 Å². The topological polar surface area (TPSA) is 43.8 Å². The second-order valence-electron chi connectivity index (χ2n) is 4.39. The lowest BCUT2D eigenvalue weighted by Gasteiger charge is -2.11. The molecule has 0 aliphatic rings. The number of hydrogen-bond donors (Lipinski definition) is 1. The Morgan fingerprint density at radius 3 is 2.39 bits per heavy atom. The van der Waals surface area contributed by atoms with Gasteiger partial charge in [0.15, 0.2) is 0 Å². The smallest absolute Gasteiger partial charge is 0.0743 e. The molecule has 2 aromatic rings. The normalized spacial score (nSPS) is 12.8. The highest BCUT2D eigenvalue weighted by molar-refractivity contribution is 9.10. The van der Waals surface area contributed by atoms with Crippen LogP contribution in [0, 0.1) is 13.8 Å². The van der Waals surface area contributed by atoms with Crippen LogP contribution in [0.2, 0.25) is 0 Å². The van der Waals surface area contributed by atoms with Crippen molar-refractivity contribution in [1.82, 2.24) is 9.78 Å². The average Bonchev–Trinajstić information content (AvgIpc) is 2.56. The summed E-state index contributed by atoms with van der Waals surface area (Å²) in [7, 11) is 0. The molecule has 0 amide bonds. The fourth-order valence-electron chi connectivity index (χ4n) is 1.89. The van der Waals surface area contributed by atoms with Crippen molar-refractivity contribution in [2.75, 3.05) is 0 Å². The third kappa shape index (κ3) is 2.39. The first-order valence-electron chi connectivity index (χ1n) is 5.69. The lowest BCUT2D eigenvalue weighted by Crippen LogP contribution is -2.07. The fraction of sp³-hybridized carbons (Fsp3) is 0.308. The van der Waals surface area contributed by atoms with Gasteiger partial charge in [-0.25, -0.2) is 4.68 Å². The Morgan fingerprint density at radius 2 is 1.94 bits per heavy atom. The van der Waals surface area contributed by atoms with Gasteiger partial charge in [-0.2, -0.15) is 5.10 Å². The molecular formula is C13H15Br2N3. The zero-order chi connectivity index (χ0) is 13.4. The maximum Gasteiger partial charge on any atom is 0.0743 e. The molecule has 2 N–H and O–H groups in total. The maximum atomic E-state index is 5.90. The molecule has 3 nitrogen and oxygen atoms in total. The minimum atomic E-state index is 0.0145. The molecule has 2 rings (SSSR count). The molecule has 0 radical (unpaired) electrons. The summed E-state index contributed by atoms with van der Waals surface area (Å²) in [6.45, 7) is 6.00. The second kappa shape index (κ2) is 5.15. The Labute approximate surface area is 124 Å². The molecule has 1 unspecified atom stereocenters. The predicted octanol–water partition coefficient (Wildman–Crippen LogP) is 4.03. The van der Waals surface area contributed by atoms with E-state index in [0.29, 0.717) is 0 Å². The molecule has 18 heavy (non-hydrogen) atoms. The molecule has 0 aliphatic carbocycles. The highest BCUT2D eigenvalue weighted by atomic mass is 79.9. The van der Waals surface area contributed by atoms with Gasteiger partial charge in [0, 0.05) is 10.5 Å². The molecule has 0 fully saturated rings. The van der Waals surface area contributed by atoms with E-state index < -0.39 is 0 Å². The molecule has 0 saturated heterocycles. The average molecular weight is 373 g/mol. The third-order valence-corrected chi connectivity index (χ3v) is 4.76. The number of hydrogen-bond acceptors (Lipinski definition) is 2. The van der Waals surface area contributed by atoms with Crippen LogP contribution in [0.25, 0.3) is 5.69 Å². The minimum absolute atomic E-state index is 0.0145. The number of nitrogens with zero attached hydrogens (tertiary/aromatic N) is 2. The van der Waals surface area contributed by atoms with Crippen molar-refractivity contribution in [2.24, 2.45) is 5.73 Å². The third-order valence-electron chi connectivity index (χ3n) is 2.92. The number of aryl methyl sites for hydroxylation is 1. The van der Waals surface area contributed by atoms with E-state index in [0.717, 1.165) is 31.6 Å². The standard InChI is InChI=1S/C13H15Br2N3/c1-7(16)11-5-4-10(6-12(11)14)18-9(3)13(15)8(2)17-18/h4-7H,16H2,1-3H3. The van der Waals surface area contributed by atoms with E-state index in [4.69, 9.17) is 5.73 Å². The monoisotopic (exact) mass is 371 g/mol. The van der Waals surface area contributed by atoms with E-state index in [1.165, 1.54) is 0 Å². The SMILES string of the molecule is Cc1nn(-c2ccc(C(C)N)c(Br)c2)c(C)c1Br. The van der Waals surface area contributed by atoms with Crippen molar-refractivity contribution in [3.05, 3.63) is 44.1 Å². The zero-order valence-corrected chi connectivity index (χ0v) is 13.7. The molecule has 1 aromatic heterocycles. The Kier molecular flexibility index (Phi) is 3.94. The first kappa shape index (κ1) is 13.8. The molecule has 96 valence electrons. The van der Waals surface area contributed by atoms with E-state index in [9.17, 15) is 0 Å². The van der Waals surface area contributed by atoms with Crippen LogP contribution >= 0.6 is 31.9 Å². The van der Waals surface area contributed by atoms with E-state index >= 15 is 0 Å². The molecule has 5 heteroatoms. The Morgan fingerprint density at radius 1 is 1.28 bits per heavy atom. The summed E-state index contributed by atoms with van der Waals surface area (Å²) in [6.07, 6.45) is 0. The molecule has 1 atom stereocenters. The summed E-state index contributed by atoms with van der Waals surface area (Å²) in [5, 5.41) is 4.51. The summed E-state index contributed by atoms with van der Waals surface area (Å²) < 4.78 is 3.99. The lowest BCUT2D eigenvalue weighted by atomic mass is 10.1. The van der Waals surface area contributed by atoms with Gasteiger partial charge < -0.3 is 5.73 Å². The van der Waals surface area contributed by atoms with Gasteiger partial charge in [-0.15, -0.1) is 0 Å². The number of benzene rings is 1. The highest BCUT2D eigenvalue weighted by Gasteiger charge is 2.12. The van der Waals surface area contributed by atoms with Crippen LogP contribution in [0.5, 0.6) is 0 Å². The van der Waals surface area contributed by atoms with Crippen LogP contribution in [0.3, 0.4) is 0 Å². The van der Waals surface area contributed by atoms with Crippen LogP contribution in [0.15, 0.2) is 27.1 Å². The van der Waals surface area contributed by atoms with Gasteiger partial charge in [0.1, 0.15) is 0 Å². The minimum Gasteiger partial charge on any atom is -0.324 e. The molecule has 0 aliphatic heterocycles. The van der Waals surface area contributed by atoms with Crippen LogP contribution in [-0.2, 0) is 0 Å². The van der Waals surface area contributed by atoms with Crippen molar-refractivity contribution < 1.29 is 0 Å². The van der Waals surface area contributed by atoms with E-state index in [-0.39, 0.29) is 6.04 Å². The molecule has 0 bridgehead atoms. The number of rotatable bonds is 2. The second-order valence-corrected chi connectivity index (χ2v) is 6.04. The van der Waals surface area contributed by atoms with Crippen molar-refractivity contribution in [3.8, 4) is 5.69 Å². The van der Waals surface area contributed by atoms with Crippen LogP contribution in [0.1, 0.15) is 29.9 Å². The van der Waals surface area contributed by atoms with Crippen LogP contribution in [-0.4, -0.2) is 9.78 Å². The maximum absolute atomic E-state index is 5.90. The van der Waals surface area contributed by atoms with Gasteiger partial charge in [-0.1, -0.05) is 22.0 Å². The summed E-state index contributed by atoms with van der Waals surface area (Å²) in [6, 6.07) is 6.13. The summed E-state index contributed by atoms with van der Waals surface area (Å²) >= 11 is 7.10. The number of aromatic nitrogens is 2. The van der Waals surface area contributed by atoms with E-state index in [1.54, 1.807) is 0 Å². The summed E-state index contributed by atoms with van der Waals surface area (Å²) in [5.41, 5.74) is 10.1. The molecule has 0 saturated carbocycles. The van der Waals surface area contributed by atoms with E-state index in [1.807, 2.05) is 43.7 Å². The predicted molar refractivity (Wildman–Crippen MR) is 81.0 cm³/mol. The molecular weight excluding hydrogens is 358 g/mol. The zero-order valence-electron chi connectivity index (χ0n) is 10.5. The van der Waals surface area contributed by atoms with Crippen molar-refractivity contribution in [2.45, 2.75) is 26.8 Å². The molecule has 1 aromatic carbocycles. The summed E-state index contributed by atoms with van der Waals surface area (Å²) in [4.78, 5) is 0. The Balaban J connectivity index is 2.52. The van der Waals surface area contributed by atoms with Gasteiger partial charge in [-0.05, 0) is 54.4 Å². The molecule has 0 spiro atoms. The quantitative estimate of drug-likeness (QED) is 0.864. The number of halogens is 2. The summed E-state index contributed by atoms with van der Waals surface area (Å²) in [5.74, 6) is 0. The van der Waals surface area contributed by atoms with Gasteiger partial charge in [-0.3, -0.25) is 0 Å². The van der Waals surface area contributed by atoms with Gasteiger partial charge in [0.25, 0.3) is 0 Å². The molecule has 1 heterocycles. The fourth-order valence-corrected chi connectivity index (χ4v) is 2.87. The Hall–Kier alpha value is -0.650. The highest BCUT2D eigenvalue weighted by Crippen LogP contribution is 2.27. The first-order chi connectivity index (χ1) is 8.41. The van der Waals surface area contributed by atoms with Gasteiger partial charge >= 0.3 is 0 Å². The van der Waals surface area contributed by atoms with Gasteiger partial charge in [0.2, 0.25) is 0 Å². The van der Waals surface area contributed by atoms with Crippen molar-refractivity contribution in [3.63, 3.8) is 0 Å². The lowest BCUT2D eigenvalue weighted by molar-refractivity contribution is 0.803. The van der Waals surface area contributed by atoms with Crippen LogP contribution < -0.4 is 5.73 Å². The Bertz CT molecular complexity index is 588. The van der Waals surface area contributed by atoms with Crippen LogP contribution in [0.4, 0.5) is 0 Å². The number of nitrogens with two attached hydrogens (primary N) is 1. The van der Waals surface area contributed by atoms with Crippen molar-refractivity contribution in [1.29, 1.82) is 0 Å². The first-order valence-corrected chi connectivity index (χ1v) is 7.27. The van der Waals surface area contributed by atoms with E-state index in [2.05, 4.69) is 37.0 Å². The largest absolute Gasteiger partial charge is 0.324 e. The van der Waals surface area contributed by atoms with Gasteiger partial charge in [0.05, 0.1) is 21.5 Å².